The van der Waals surface area contributed by atoms with E-state index in [0.717, 1.165) is 0 Å². The molecule has 0 bridgehead atoms. The number of rotatable bonds is 16. The molecule has 0 aliphatic carbocycles. The van der Waals surface area contributed by atoms with Gasteiger partial charge in [-0.2, -0.15) is 5.23 Å². The number of likely N-dealkylation sites (tertiary alicyclic amines) is 1. The zero-order valence-corrected chi connectivity index (χ0v) is 30.3. The molecule has 0 aromatic heterocycles. The number of nitrogens with one attached hydrogen (secondary N) is 2. The second-order valence-electron chi connectivity index (χ2n) is 13.6. The maximum absolute atomic E-state index is 12.9. The summed E-state index contributed by atoms with van der Waals surface area (Å²) in [7, 11) is 2.87. The quantitative estimate of drug-likeness (QED) is 0.0789. The van der Waals surface area contributed by atoms with E-state index < -0.39 is 64.0 Å². The van der Waals surface area contributed by atoms with Gasteiger partial charge in [-0.25, -0.2) is 10.0 Å². The van der Waals surface area contributed by atoms with E-state index in [0.29, 0.717) is 11.1 Å². The number of esters is 1. The summed E-state index contributed by atoms with van der Waals surface area (Å²) in [5, 5.41) is 55.5. The number of aliphatic hydroxyl groups excluding tert-OH is 2. The third-order valence-corrected chi connectivity index (χ3v) is 10.1. The molecule has 0 aromatic rings. The Morgan fingerprint density at radius 1 is 1.14 bits per heavy atom. The second kappa shape index (κ2) is 17.0. The number of ether oxygens (including phenoxy) is 2. The van der Waals surface area contributed by atoms with Crippen LogP contribution in [0.5, 0.6) is 0 Å². The number of nitrogens with zero attached hydrogens (tertiary/aromatic N) is 1. The fourth-order valence-corrected chi connectivity index (χ4v) is 6.49. The van der Waals surface area contributed by atoms with E-state index in [1.165, 1.54) is 26.0 Å². The van der Waals surface area contributed by atoms with E-state index in [1.807, 2.05) is 0 Å². The van der Waals surface area contributed by atoms with Gasteiger partial charge in [-0.3, -0.25) is 9.59 Å². The van der Waals surface area contributed by atoms with Crippen LogP contribution in [0.2, 0.25) is 0 Å². The zero-order valence-electron chi connectivity index (χ0n) is 30.3. The number of carbonyl (C=O) groups excluding carboxylic acids is 3. The van der Waals surface area contributed by atoms with Crippen LogP contribution in [0.3, 0.4) is 0 Å². The topological polar surface area (TPSA) is 193 Å². The third-order valence-electron chi connectivity index (χ3n) is 10.1. The predicted octanol–water partition coefficient (Wildman–Crippen LogP) is 1.65. The molecule has 2 aliphatic heterocycles. The minimum atomic E-state index is -1.87. The number of hydroxylamine groups is 2. The Kier molecular flexibility index (Phi) is 14.5. The van der Waals surface area contributed by atoms with Gasteiger partial charge in [0.05, 0.1) is 29.6 Å². The first-order chi connectivity index (χ1) is 22.7. The van der Waals surface area contributed by atoms with Gasteiger partial charge in [0.2, 0.25) is 17.4 Å². The monoisotopic (exact) mass is 689 g/mol. The van der Waals surface area contributed by atoms with Crippen molar-refractivity contribution in [2.24, 2.45) is 17.3 Å². The van der Waals surface area contributed by atoms with Crippen LogP contribution >= 0.6 is 0 Å². The van der Waals surface area contributed by atoms with E-state index in [4.69, 9.17) is 14.7 Å². The van der Waals surface area contributed by atoms with Gasteiger partial charge in [-0.05, 0) is 52.5 Å². The van der Waals surface area contributed by atoms with Crippen molar-refractivity contribution in [2.75, 3.05) is 20.7 Å². The summed E-state index contributed by atoms with van der Waals surface area (Å²) in [5.41, 5.74) is -3.14. The van der Waals surface area contributed by atoms with Crippen molar-refractivity contribution < 1.29 is 49.6 Å². The largest absolute Gasteiger partial charge is 0.595 e. The van der Waals surface area contributed by atoms with Gasteiger partial charge in [0.1, 0.15) is 17.4 Å². The van der Waals surface area contributed by atoms with Crippen molar-refractivity contribution in [3.05, 3.63) is 76.7 Å². The molecule has 1 unspecified atom stereocenters. The number of amides is 2. The summed E-state index contributed by atoms with van der Waals surface area (Å²) in [6.07, 6.45) is 11.4. The van der Waals surface area contributed by atoms with Gasteiger partial charge in [0, 0.05) is 33.2 Å². The molecule has 49 heavy (non-hydrogen) atoms. The molecule has 13 heteroatoms. The minimum absolute atomic E-state index is 0.146. The Morgan fingerprint density at radius 2 is 1.78 bits per heavy atom. The molecule has 9 atom stereocenters. The molecule has 13 nitrogen and oxygen atoms in total. The molecule has 6 N–H and O–H groups in total. The highest BCUT2D eigenvalue weighted by molar-refractivity contribution is 5.99. The number of likely N-dealkylation sites (N-methyl/N-ethyl adjacent to an activating group) is 1. The first-order valence-corrected chi connectivity index (χ1v) is 16.4. The molecular weight excluding hydrogens is 634 g/mol. The molecular formula is C36H55N3O10. The van der Waals surface area contributed by atoms with E-state index in [1.54, 1.807) is 103 Å². The summed E-state index contributed by atoms with van der Waals surface area (Å²) in [4.78, 5) is 39.8. The summed E-state index contributed by atoms with van der Waals surface area (Å²) in [6, 6.07) is 0. The SMILES string of the molecule is CO[C@@H](C[C@@H](C)[C@@H](O)/C=C/C=C/CNC(=O)C(C)(C)[C@H](O)/C(C)=C/C=C/C=C/C(C)=C(\C)[NH+]([O-])O)[C@]1(O)[C@@H](C)C(=O)N(C)[C@]12C(=O)O[C@@H]2C. The lowest BCUT2D eigenvalue weighted by molar-refractivity contribution is -1.01. The van der Waals surface area contributed by atoms with Crippen LogP contribution < -0.4 is 10.5 Å². The first kappa shape index (κ1) is 41.7. The number of aliphatic hydroxyl groups is 3. The van der Waals surface area contributed by atoms with Gasteiger partial charge in [0.25, 0.3) is 0 Å². The number of cyclic esters (lactones) is 1. The highest BCUT2D eigenvalue weighted by Crippen LogP contribution is 2.54. The smallest absolute Gasteiger partial charge is 0.339 e. The van der Waals surface area contributed by atoms with Gasteiger partial charge >= 0.3 is 5.97 Å². The van der Waals surface area contributed by atoms with Crippen LogP contribution in [0.15, 0.2) is 71.5 Å². The van der Waals surface area contributed by atoms with E-state index in [2.05, 4.69) is 5.32 Å². The highest BCUT2D eigenvalue weighted by Gasteiger charge is 2.80. The molecule has 0 saturated carbocycles. The maximum atomic E-state index is 12.9. The Labute approximate surface area is 289 Å². The molecule has 2 aliphatic rings. The number of allylic oxidation sites excluding steroid dienone is 9. The van der Waals surface area contributed by atoms with Crippen molar-refractivity contribution in [1.82, 2.24) is 10.2 Å². The first-order valence-electron chi connectivity index (χ1n) is 16.4. The zero-order chi connectivity index (χ0) is 37.5. The fraction of sp³-hybridized carbons (Fsp3) is 0.583. The highest BCUT2D eigenvalue weighted by atomic mass is 16.8. The summed E-state index contributed by atoms with van der Waals surface area (Å²) in [6.45, 7) is 13.4. The lowest BCUT2D eigenvalue weighted by Crippen LogP contribution is -3.02. The van der Waals surface area contributed by atoms with Crippen LogP contribution in [0.25, 0.3) is 0 Å². The van der Waals surface area contributed by atoms with Crippen molar-refractivity contribution in [1.29, 1.82) is 0 Å². The van der Waals surface area contributed by atoms with Crippen molar-refractivity contribution in [2.45, 2.75) is 97.4 Å². The summed E-state index contributed by atoms with van der Waals surface area (Å²) in [5.74, 6) is -2.80. The molecule has 2 amide bonds. The maximum Gasteiger partial charge on any atom is 0.339 e. The van der Waals surface area contributed by atoms with Crippen LogP contribution in [-0.4, -0.2) is 99.5 Å². The standard InChI is InChI=1S/C36H55N3O10/c1-22(26(5)39(46)47)17-13-11-14-18-23(2)30(41)34(7,8)32(43)37-20-16-12-15-19-28(40)24(3)21-29(48-10)36(45)25(4)31(42)38(9)35(36)27(6)49-33(35)44/h11-19,24-25,27-30,39-41,45-46H,20-21H2,1-10H3,(H,37,43)/b14-11+,16-12+,17-13+,19-15+,23-18+,26-22+/t24-,25+,27-,28+,29+,30-,35-,36-/m1/s1. The lowest BCUT2D eigenvalue weighted by atomic mass is 9.65. The molecule has 2 fully saturated rings. The second-order valence-corrected chi connectivity index (χ2v) is 13.6. The van der Waals surface area contributed by atoms with Gasteiger partial charge in [-0.15, -0.1) is 0 Å². The summed E-state index contributed by atoms with van der Waals surface area (Å²) < 4.78 is 10.9. The Morgan fingerprint density at radius 3 is 2.33 bits per heavy atom. The van der Waals surface area contributed by atoms with Crippen molar-refractivity contribution in [3.8, 4) is 0 Å². The third kappa shape index (κ3) is 8.31. The van der Waals surface area contributed by atoms with Crippen LogP contribution in [-0.2, 0) is 23.9 Å². The summed E-state index contributed by atoms with van der Waals surface area (Å²) >= 11 is 0. The fourth-order valence-electron chi connectivity index (χ4n) is 6.49. The molecule has 2 heterocycles. The number of methoxy groups -OCH3 is 1. The Hall–Kier alpha value is -3.43. The molecule has 2 rings (SSSR count). The minimum Gasteiger partial charge on any atom is -0.595 e. The number of hydrogen-bond acceptors (Lipinski definition) is 10. The van der Waals surface area contributed by atoms with Gasteiger partial charge in [0.15, 0.2) is 0 Å². The number of quaternary nitrogens is 1. The van der Waals surface area contributed by atoms with Gasteiger partial charge < -0.3 is 40.2 Å². The van der Waals surface area contributed by atoms with Crippen molar-refractivity contribution >= 4 is 17.8 Å². The lowest BCUT2D eigenvalue weighted by Gasteiger charge is -2.55. The van der Waals surface area contributed by atoms with E-state index >= 15 is 0 Å². The molecule has 0 radical (unpaired) electrons. The Balaban J connectivity index is 1.94. The molecule has 1 spiro atoms. The average molecular weight is 690 g/mol. The normalized spacial score (nSPS) is 28.7. The van der Waals surface area contributed by atoms with Crippen molar-refractivity contribution in [3.63, 3.8) is 0 Å². The Bertz CT molecular complexity index is 1400. The molecule has 2 saturated heterocycles. The van der Waals surface area contributed by atoms with Crippen LogP contribution in [0.1, 0.15) is 61.8 Å². The molecule has 0 aromatic carbocycles. The molecule has 274 valence electrons. The predicted molar refractivity (Wildman–Crippen MR) is 183 cm³/mol. The van der Waals surface area contributed by atoms with E-state index in [-0.39, 0.29) is 30.5 Å². The number of hydrogen-bond donors (Lipinski definition) is 6. The van der Waals surface area contributed by atoms with Crippen LogP contribution in [0, 0.1) is 22.5 Å². The van der Waals surface area contributed by atoms with Crippen LogP contribution in [0.4, 0.5) is 0 Å². The number of carbonyl (C=O) groups is 3. The van der Waals surface area contributed by atoms with E-state index in [9.17, 15) is 34.9 Å². The average Bonchev–Trinajstić information content (AvgIpc) is 3.22. The van der Waals surface area contributed by atoms with Gasteiger partial charge in [-0.1, -0.05) is 68.5 Å².